The van der Waals surface area contributed by atoms with Crippen LogP contribution >= 0.6 is 11.3 Å². The summed E-state index contributed by atoms with van der Waals surface area (Å²) in [6.45, 7) is 2.79. The molecule has 2 rings (SSSR count). The van der Waals surface area contributed by atoms with E-state index in [0.29, 0.717) is 18.7 Å². The van der Waals surface area contributed by atoms with Crippen molar-refractivity contribution in [3.8, 4) is 0 Å². The van der Waals surface area contributed by atoms with Gasteiger partial charge in [0.2, 0.25) is 0 Å². The monoisotopic (exact) mass is 226 g/mol. The van der Waals surface area contributed by atoms with Gasteiger partial charge in [-0.1, -0.05) is 0 Å². The quantitative estimate of drug-likeness (QED) is 0.845. The van der Waals surface area contributed by atoms with Crippen molar-refractivity contribution in [2.45, 2.75) is 18.6 Å². The number of thiophene rings is 1. The summed E-state index contributed by atoms with van der Waals surface area (Å²) >= 11 is 1.74. The van der Waals surface area contributed by atoms with Crippen LogP contribution in [0.15, 0.2) is 16.8 Å². The first-order valence-electron chi connectivity index (χ1n) is 5.34. The third-order valence-electron chi connectivity index (χ3n) is 3.10. The van der Waals surface area contributed by atoms with Crippen LogP contribution in [0.2, 0.25) is 0 Å². The summed E-state index contributed by atoms with van der Waals surface area (Å²) in [6.07, 6.45) is 1.51. The van der Waals surface area contributed by atoms with Gasteiger partial charge in [-0.3, -0.25) is 4.90 Å². The van der Waals surface area contributed by atoms with Crippen LogP contribution in [0.4, 0.5) is 0 Å². The molecule has 0 bridgehead atoms. The molecule has 1 aromatic heterocycles. The Kier molecular flexibility index (Phi) is 3.75. The van der Waals surface area contributed by atoms with Crippen LogP contribution in [0.5, 0.6) is 0 Å². The molecule has 0 aliphatic carbocycles. The van der Waals surface area contributed by atoms with Gasteiger partial charge < -0.3 is 10.5 Å². The molecule has 0 aromatic carbocycles. The Labute approximate surface area is 94.8 Å². The molecule has 0 saturated carbocycles. The fraction of sp³-hybridized carbons (Fsp3) is 0.636. The van der Waals surface area contributed by atoms with E-state index in [-0.39, 0.29) is 0 Å². The molecule has 84 valence electrons. The van der Waals surface area contributed by atoms with Gasteiger partial charge in [0.15, 0.2) is 0 Å². The van der Waals surface area contributed by atoms with E-state index >= 15 is 0 Å². The van der Waals surface area contributed by atoms with Gasteiger partial charge in [-0.25, -0.2) is 0 Å². The predicted octanol–water partition coefficient (Wildman–Crippen LogP) is 1.47. The largest absolute Gasteiger partial charge is 0.380 e. The molecule has 1 saturated heterocycles. The van der Waals surface area contributed by atoms with E-state index in [9.17, 15) is 0 Å². The summed E-state index contributed by atoms with van der Waals surface area (Å²) in [7, 11) is 1.79. The minimum absolute atomic E-state index is 0.372. The van der Waals surface area contributed by atoms with Gasteiger partial charge in [0, 0.05) is 32.8 Å². The smallest absolute Gasteiger partial charge is 0.0710 e. The average Bonchev–Trinajstić information content (AvgIpc) is 2.89. The summed E-state index contributed by atoms with van der Waals surface area (Å²) < 4.78 is 5.37. The van der Waals surface area contributed by atoms with Gasteiger partial charge in [0.25, 0.3) is 0 Å². The molecular weight excluding hydrogens is 208 g/mol. The molecule has 15 heavy (non-hydrogen) atoms. The van der Waals surface area contributed by atoms with Gasteiger partial charge in [-0.2, -0.15) is 11.3 Å². The minimum Gasteiger partial charge on any atom is -0.380 e. The first-order valence-corrected chi connectivity index (χ1v) is 6.28. The Balaban J connectivity index is 2.02. The maximum absolute atomic E-state index is 5.85. The number of nitrogens with two attached hydrogens (primary N) is 1. The van der Waals surface area contributed by atoms with Crippen LogP contribution in [0.3, 0.4) is 0 Å². The first kappa shape index (κ1) is 11.1. The molecule has 1 fully saturated rings. The van der Waals surface area contributed by atoms with E-state index in [1.165, 1.54) is 5.56 Å². The third kappa shape index (κ3) is 2.39. The van der Waals surface area contributed by atoms with E-state index in [1.54, 1.807) is 18.4 Å². The van der Waals surface area contributed by atoms with Gasteiger partial charge in [-0.15, -0.1) is 0 Å². The highest BCUT2D eigenvalue weighted by Crippen LogP contribution is 2.26. The molecule has 0 amide bonds. The summed E-state index contributed by atoms with van der Waals surface area (Å²) in [5.74, 6) is 0. The Hall–Kier alpha value is -0.420. The number of likely N-dealkylation sites (tertiary alicyclic amines) is 1. The lowest BCUT2D eigenvalue weighted by atomic mass is 10.1. The second-order valence-corrected chi connectivity index (χ2v) is 4.73. The molecule has 2 N–H and O–H groups in total. The van der Waals surface area contributed by atoms with Crippen molar-refractivity contribution in [3.63, 3.8) is 0 Å². The summed E-state index contributed by atoms with van der Waals surface area (Å²) in [6, 6.07) is 2.54. The molecule has 1 aliphatic heterocycles. The van der Waals surface area contributed by atoms with Crippen molar-refractivity contribution in [3.05, 3.63) is 22.4 Å². The number of rotatable bonds is 4. The lowest BCUT2D eigenvalue weighted by Gasteiger charge is -2.25. The van der Waals surface area contributed by atoms with E-state index in [2.05, 4.69) is 21.7 Å². The minimum atomic E-state index is 0.372. The van der Waals surface area contributed by atoms with Crippen molar-refractivity contribution >= 4 is 11.3 Å². The Morgan fingerprint density at radius 1 is 1.73 bits per heavy atom. The normalized spacial score (nSPS) is 24.5. The highest BCUT2D eigenvalue weighted by Gasteiger charge is 2.28. The van der Waals surface area contributed by atoms with Crippen LogP contribution in [0.25, 0.3) is 0 Å². The predicted molar refractivity (Wildman–Crippen MR) is 63.1 cm³/mol. The number of methoxy groups -OCH3 is 1. The maximum Gasteiger partial charge on any atom is 0.0710 e. The summed E-state index contributed by atoms with van der Waals surface area (Å²) in [5.41, 5.74) is 7.20. The molecule has 2 heterocycles. The first-order chi connectivity index (χ1) is 7.35. The highest BCUT2D eigenvalue weighted by molar-refractivity contribution is 7.07. The standard InChI is InChI=1S/C11H18N2OS/c1-14-10-2-4-13(7-10)11(6-12)9-3-5-15-8-9/h3,5,8,10-11H,2,4,6-7,12H2,1H3. The van der Waals surface area contributed by atoms with E-state index < -0.39 is 0 Å². The fourth-order valence-electron chi connectivity index (χ4n) is 2.19. The van der Waals surface area contributed by atoms with Crippen LogP contribution in [-0.4, -0.2) is 37.7 Å². The van der Waals surface area contributed by atoms with E-state index in [1.807, 2.05) is 0 Å². The molecule has 0 spiro atoms. The topological polar surface area (TPSA) is 38.5 Å². The zero-order valence-electron chi connectivity index (χ0n) is 9.06. The molecule has 3 nitrogen and oxygen atoms in total. The molecule has 2 atom stereocenters. The van der Waals surface area contributed by atoms with Crippen LogP contribution in [0, 0.1) is 0 Å². The van der Waals surface area contributed by atoms with Crippen molar-refractivity contribution < 1.29 is 4.74 Å². The third-order valence-corrected chi connectivity index (χ3v) is 3.80. The van der Waals surface area contributed by atoms with E-state index in [4.69, 9.17) is 10.5 Å². The fourth-order valence-corrected chi connectivity index (χ4v) is 2.90. The number of nitrogens with zero attached hydrogens (tertiary/aromatic N) is 1. The number of hydrogen-bond acceptors (Lipinski definition) is 4. The Morgan fingerprint density at radius 2 is 2.60 bits per heavy atom. The van der Waals surface area contributed by atoms with Gasteiger partial charge in [0.1, 0.15) is 0 Å². The van der Waals surface area contributed by atoms with Crippen molar-refractivity contribution in [2.75, 3.05) is 26.7 Å². The average molecular weight is 226 g/mol. The molecule has 1 aromatic rings. The summed E-state index contributed by atoms with van der Waals surface area (Å²) in [5, 5.41) is 4.31. The Bertz CT molecular complexity index is 289. The second kappa shape index (κ2) is 5.07. The van der Waals surface area contributed by atoms with Crippen LogP contribution in [0.1, 0.15) is 18.0 Å². The lowest BCUT2D eigenvalue weighted by molar-refractivity contribution is 0.101. The SMILES string of the molecule is COC1CCN(C(CN)c2ccsc2)C1. The highest BCUT2D eigenvalue weighted by atomic mass is 32.1. The number of hydrogen-bond donors (Lipinski definition) is 1. The lowest BCUT2D eigenvalue weighted by Crippen LogP contribution is -2.32. The van der Waals surface area contributed by atoms with Gasteiger partial charge in [0.05, 0.1) is 6.10 Å². The van der Waals surface area contributed by atoms with Gasteiger partial charge in [-0.05, 0) is 28.8 Å². The molecule has 2 unspecified atom stereocenters. The number of ether oxygens (including phenoxy) is 1. The maximum atomic E-state index is 5.85. The van der Waals surface area contributed by atoms with Gasteiger partial charge >= 0.3 is 0 Å². The van der Waals surface area contributed by atoms with Crippen LogP contribution in [-0.2, 0) is 4.74 Å². The van der Waals surface area contributed by atoms with Crippen molar-refractivity contribution in [2.24, 2.45) is 5.73 Å². The zero-order valence-corrected chi connectivity index (χ0v) is 9.87. The zero-order chi connectivity index (χ0) is 10.7. The van der Waals surface area contributed by atoms with Crippen molar-refractivity contribution in [1.82, 2.24) is 4.90 Å². The molecule has 0 radical (unpaired) electrons. The van der Waals surface area contributed by atoms with E-state index in [0.717, 1.165) is 19.5 Å². The van der Waals surface area contributed by atoms with Crippen LogP contribution < -0.4 is 5.73 Å². The summed E-state index contributed by atoms with van der Waals surface area (Å²) in [4.78, 5) is 2.43. The van der Waals surface area contributed by atoms with Crippen molar-refractivity contribution in [1.29, 1.82) is 0 Å². The Morgan fingerprint density at radius 3 is 3.13 bits per heavy atom. The molecular formula is C11H18N2OS. The molecule has 1 aliphatic rings. The second-order valence-electron chi connectivity index (χ2n) is 3.95. The molecule has 4 heteroatoms.